The van der Waals surface area contributed by atoms with Crippen molar-refractivity contribution in [1.29, 1.82) is 0 Å². The van der Waals surface area contributed by atoms with Crippen molar-refractivity contribution in [1.82, 2.24) is 29.5 Å². The number of nitrogens with one attached hydrogen (secondary N) is 2. The second-order valence-corrected chi connectivity index (χ2v) is 6.84. The third kappa shape index (κ3) is 2.94. The molecule has 0 spiro atoms. The van der Waals surface area contributed by atoms with Crippen LogP contribution in [0.25, 0.3) is 11.7 Å². The van der Waals surface area contributed by atoms with Crippen molar-refractivity contribution in [2.24, 2.45) is 4.99 Å². The summed E-state index contributed by atoms with van der Waals surface area (Å²) in [6.45, 7) is 0.789. The molecule has 1 atom stereocenters. The van der Waals surface area contributed by atoms with Crippen LogP contribution in [0.4, 0.5) is 10.3 Å². The predicted octanol–water partition coefficient (Wildman–Crippen LogP) is -0.995. The topological polar surface area (TPSA) is 128 Å². The first-order valence-electron chi connectivity index (χ1n) is 8.78. The van der Waals surface area contributed by atoms with Gasteiger partial charge in [0.1, 0.15) is 11.9 Å². The Morgan fingerprint density at radius 1 is 1.30 bits per heavy atom. The van der Waals surface area contributed by atoms with Gasteiger partial charge in [0, 0.05) is 11.8 Å². The quantitative estimate of drug-likeness (QED) is 0.541. The van der Waals surface area contributed by atoms with Gasteiger partial charge in [-0.1, -0.05) is 0 Å². The minimum absolute atomic E-state index is 0.223. The van der Waals surface area contributed by atoms with Gasteiger partial charge in [-0.2, -0.15) is 19.6 Å². The smallest absolute Gasteiger partial charge is 0.326 e. The highest BCUT2D eigenvalue weighted by Crippen LogP contribution is 2.22. The molecule has 140 valence electrons. The minimum atomic E-state index is -0.897. The normalized spacial score (nSPS) is 21.7. The molecule has 27 heavy (non-hydrogen) atoms. The van der Waals surface area contributed by atoms with Crippen molar-refractivity contribution in [2.45, 2.75) is 31.5 Å². The fourth-order valence-electron chi connectivity index (χ4n) is 3.11. The Kier molecular flexibility index (Phi) is 3.49. The summed E-state index contributed by atoms with van der Waals surface area (Å²) in [5.74, 6) is 0.139. The molecule has 10 nitrogen and oxygen atoms in total. The monoisotopic (exact) mass is 372 g/mol. The molecule has 0 aromatic carbocycles. The van der Waals surface area contributed by atoms with Crippen LogP contribution in [-0.4, -0.2) is 60.0 Å². The van der Waals surface area contributed by atoms with E-state index in [9.17, 15) is 14.3 Å². The van der Waals surface area contributed by atoms with Crippen LogP contribution >= 0.6 is 0 Å². The number of hydrogen-bond donors (Lipinski definition) is 3. The highest BCUT2D eigenvalue weighted by atomic mass is 19.1. The van der Waals surface area contributed by atoms with E-state index < -0.39 is 11.9 Å². The van der Waals surface area contributed by atoms with Crippen LogP contribution in [0.1, 0.15) is 25.0 Å². The Hall–Kier alpha value is -3.24. The number of H-pyrrole nitrogens is 2. The van der Waals surface area contributed by atoms with E-state index in [2.05, 4.69) is 30.0 Å². The second-order valence-electron chi connectivity index (χ2n) is 6.84. The van der Waals surface area contributed by atoms with Gasteiger partial charge in [-0.3, -0.25) is 4.98 Å². The maximum Gasteiger partial charge on any atom is 0.326 e. The van der Waals surface area contributed by atoms with Crippen LogP contribution in [-0.2, 0) is 0 Å². The Balaban J connectivity index is 1.71. The molecule has 0 bridgehead atoms. The Morgan fingerprint density at radius 3 is 2.81 bits per heavy atom. The molecule has 3 N–H and O–H groups in total. The number of alkyl halides is 1. The van der Waals surface area contributed by atoms with E-state index in [-0.39, 0.29) is 24.2 Å². The summed E-state index contributed by atoms with van der Waals surface area (Å²) >= 11 is 0. The van der Waals surface area contributed by atoms with E-state index in [1.165, 1.54) is 4.52 Å². The third-order valence-electron chi connectivity index (χ3n) is 4.66. The van der Waals surface area contributed by atoms with Crippen LogP contribution in [0.5, 0.6) is 5.88 Å². The molecule has 11 heteroatoms. The number of halogens is 1. The highest BCUT2D eigenvalue weighted by molar-refractivity contribution is 5.57. The molecule has 1 saturated heterocycles. The molecule has 2 aliphatic rings. The van der Waals surface area contributed by atoms with E-state index in [4.69, 9.17) is 0 Å². The highest BCUT2D eigenvalue weighted by Gasteiger charge is 2.25. The standard InChI is InChI=1S/C16H17FN8O2/c17-9-3-4-24(7-9)14-21-12-8(5-11-13(26)22-16(27)20-11)6-18-25(12)15(23-14)19-10-1-2-10/h5-6,9-10,26H,1-4,7H2,(H2,20,22,27)/t9-/m1/s1. The van der Waals surface area contributed by atoms with Crippen LogP contribution in [0.2, 0.25) is 0 Å². The maximum absolute atomic E-state index is 13.6. The van der Waals surface area contributed by atoms with E-state index in [1.54, 1.807) is 17.2 Å². The predicted molar refractivity (Wildman–Crippen MR) is 93.0 cm³/mol. The lowest BCUT2D eigenvalue weighted by molar-refractivity contribution is 0.364. The molecule has 5 rings (SSSR count). The summed E-state index contributed by atoms with van der Waals surface area (Å²) in [5.41, 5.74) is 0.608. The number of aromatic nitrogens is 6. The molecule has 4 heterocycles. The lowest BCUT2D eigenvalue weighted by Crippen LogP contribution is -2.30. The van der Waals surface area contributed by atoms with Gasteiger partial charge in [0.15, 0.2) is 5.65 Å². The molecule has 1 aliphatic carbocycles. The molecule has 0 unspecified atom stereocenters. The average molecular weight is 372 g/mol. The fraction of sp³-hybridized carbons (Fsp3) is 0.438. The SMILES string of the molecule is O=c1[nH]c(O)c(C=c2cnn3c(=NC4CC4)nc(N4CC[C@@H](F)C4)nc23)[nH]1. The molecule has 2 fully saturated rings. The molecule has 0 amide bonds. The van der Waals surface area contributed by atoms with Gasteiger partial charge in [0.25, 0.3) is 5.62 Å². The Morgan fingerprint density at radius 2 is 2.15 bits per heavy atom. The first-order chi connectivity index (χ1) is 13.1. The summed E-state index contributed by atoms with van der Waals surface area (Å²) in [4.78, 5) is 31.5. The third-order valence-corrected chi connectivity index (χ3v) is 4.66. The number of aromatic hydroxyl groups is 1. The second kappa shape index (κ2) is 5.89. The Bertz CT molecular complexity index is 1190. The fourth-order valence-corrected chi connectivity index (χ4v) is 3.11. The number of nitrogens with zero attached hydrogens (tertiary/aromatic N) is 6. The van der Waals surface area contributed by atoms with Crippen molar-refractivity contribution in [2.75, 3.05) is 18.0 Å². The minimum Gasteiger partial charge on any atom is -0.493 e. The number of rotatable bonds is 3. The summed E-state index contributed by atoms with van der Waals surface area (Å²) in [7, 11) is 0. The van der Waals surface area contributed by atoms with Crippen LogP contribution in [0, 0.1) is 0 Å². The van der Waals surface area contributed by atoms with Gasteiger partial charge in [-0.15, -0.1) is 0 Å². The molecular weight excluding hydrogens is 355 g/mol. The summed E-state index contributed by atoms with van der Waals surface area (Å²) in [6.07, 6.45) is 4.69. The molecule has 0 radical (unpaired) electrons. The lowest BCUT2D eigenvalue weighted by atomic mass is 10.3. The first-order valence-corrected chi connectivity index (χ1v) is 8.78. The van der Waals surface area contributed by atoms with Crippen molar-refractivity contribution >= 4 is 17.7 Å². The van der Waals surface area contributed by atoms with E-state index in [0.29, 0.717) is 35.4 Å². The van der Waals surface area contributed by atoms with Gasteiger partial charge in [0.2, 0.25) is 11.8 Å². The molecule has 3 aromatic rings. The largest absolute Gasteiger partial charge is 0.493 e. The van der Waals surface area contributed by atoms with Gasteiger partial charge < -0.3 is 15.0 Å². The summed E-state index contributed by atoms with van der Waals surface area (Å²) in [5, 5.41) is 14.7. The zero-order chi connectivity index (χ0) is 18.5. The van der Waals surface area contributed by atoms with Crippen LogP contribution in [0.15, 0.2) is 16.0 Å². The first kappa shape index (κ1) is 16.0. The van der Waals surface area contributed by atoms with E-state index in [1.807, 2.05) is 0 Å². The molecule has 1 saturated carbocycles. The number of anilines is 1. The number of aromatic amines is 2. The van der Waals surface area contributed by atoms with Crippen molar-refractivity contribution in [3.8, 4) is 5.88 Å². The zero-order valence-electron chi connectivity index (χ0n) is 14.3. The number of fused-ring (bicyclic) bond motifs is 1. The molecular formula is C16H17FN8O2. The Labute approximate surface area is 151 Å². The van der Waals surface area contributed by atoms with Crippen molar-refractivity contribution < 1.29 is 9.50 Å². The van der Waals surface area contributed by atoms with Gasteiger partial charge >= 0.3 is 5.69 Å². The molecule has 1 aliphatic heterocycles. The van der Waals surface area contributed by atoms with E-state index in [0.717, 1.165) is 12.8 Å². The zero-order valence-corrected chi connectivity index (χ0v) is 14.3. The van der Waals surface area contributed by atoms with Gasteiger partial charge in [-0.25, -0.2) is 14.2 Å². The van der Waals surface area contributed by atoms with Crippen LogP contribution in [0.3, 0.4) is 0 Å². The van der Waals surface area contributed by atoms with Gasteiger partial charge in [0.05, 0.1) is 18.8 Å². The average Bonchev–Trinajstić information content (AvgIpc) is 3.04. The van der Waals surface area contributed by atoms with Crippen molar-refractivity contribution in [3.63, 3.8) is 0 Å². The summed E-state index contributed by atoms with van der Waals surface area (Å²) < 4.78 is 15.2. The van der Waals surface area contributed by atoms with Crippen molar-refractivity contribution in [3.05, 3.63) is 33.2 Å². The van der Waals surface area contributed by atoms with E-state index >= 15 is 0 Å². The number of imidazole rings is 1. The number of hydrogen-bond acceptors (Lipinski definition) is 7. The van der Waals surface area contributed by atoms with Crippen LogP contribution < -0.4 is 21.4 Å². The molecule has 3 aromatic heterocycles. The van der Waals surface area contributed by atoms with Gasteiger partial charge in [-0.05, 0) is 25.3 Å². The maximum atomic E-state index is 13.6. The lowest BCUT2D eigenvalue weighted by Gasteiger charge is -2.14. The summed E-state index contributed by atoms with van der Waals surface area (Å²) in [6, 6.07) is 0.227.